The van der Waals surface area contributed by atoms with Gasteiger partial charge in [0.1, 0.15) is 0 Å². The minimum atomic E-state index is -3.45. The molecule has 0 saturated carbocycles. The topological polar surface area (TPSA) is 72.6 Å². The van der Waals surface area contributed by atoms with Crippen molar-refractivity contribution in [2.45, 2.75) is 37.6 Å². The van der Waals surface area contributed by atoms with Crippen molar-refractivity contribution in [1.82, 2.24) is 4.31 Å². The minimum Gasteiger partial charge on any atom is -0.384 e. The average molecular weight is 365 g/mol. The smallest absolute Gasteiger partial charge is 0.242 e. The molecule has 1 aromatic rings. The van der Waals surface area contributed by atoms with Crippen molar-refractivity contribution < 1.29 is 13.2 Å². The zero-order valence-electron chi connectivity index (χ0n) is 14.4. The van der Waals surface area contributed by atoms with Gasteiger partial charge in [-0.2, -0.15) is 0 Å². The van der Waals surface area contributed by atoms with E-state index in [9.17, 15) is 8.42 Å². The number of nitrogens with zero attached hydrogens (tertiary/aromatic N) is 1. The number of benzene rings is 1. The van der Waals surface area contributed by atoms with Crippen molar-refractivity contribution in [3.8, 4) is 0 Å². The Balaban J connectivity index is 0.00000484. The van der Waals surface area contributed by atoms with E-state index < -0.39 is 10.0 Å². The van der Waals surface area contributed by atoms with Crippen LogP contribution in [0.2, 0.25) is 0 Å². The zero-order chi connectivity index (χ0) is 16.8. The van der Waals surface area contributed by atoms with E-state index in [4.69, 9.17) is 10.5 Å². The first-order valence-electron chi connectivity index (χ1n) is 7.58. The van der Waals surface area contributed by atoms with Gasteiger partial charge in [0.2, 0.25) is 10.0 Å². The van der Waals surface area contributed by atoms with Gasteiger partial charge in [-0.25, -0.2) is 12.7 Å². The van der Waals surface area contributed by atoms with E-state index >= 15 is 0 Å². The summed E-state index contributed by atoms with van der Waals surface area (Å²) >= 11 is 0. The maximum atomic E-state index is 12.5. The monoisotopic (exact) mass is 364 g/mol. The highest BCUT2D eigenvalue weighted by atomic mass is 35.5. The lowest BCUT2D eigenvalue weighted by Gasteiger charge is -2.21. The van der Waals surface area contributed by atoms with E-state index in [1.807, 2.05) is 26.0 Å². The van der Waals surface area contributed by atoms with E-state index in [-0.39, 0.29) is 18.4 Å². The third-order valence-corrected chi connectivity index (χ3v) is 5.73. The Hall–Kier alpha value is -0.660. The molecule has 0 heterocycles. The highest BCUT2D eigenvalue weighted by molar-refractivity contribution is 7.89. The highest BCUT2D eigenvalue weighted by Gasteiger charge is 2.21. The van der Waals surface area contributed by atoms with Gasteiger partial charge in [0.15, 0.2) is 0 Å². The number of hydrogen-bond donors (Lipinski definition) is 1. The summed E-state index contributed by atoms with van der Waals surface area (Å²) in [5.74, 6) is 0.344. The molecule has 7 heteroatoms. The molecule has 0 amide bonds. The molecule has 0 radical (unpaired) electrons. The van der Waals surface area contributed by atoms with Crippen molar-refractivity contribution >= 4 is 22.4 Å². The van der Waals surface area contributed by atoms with Crippen LogP contribution in [0.5, 0.6) is 0 Å². The molecule has 1 atom stereocenters. The first-order chi connectivity index (χ1) is 10.3. The predicted octanol–water partition coefficient (Wildman–Crippen LogP) is 2.29. The summed E-state index contributed by atoms with van der Waals surface area (Å²) in [6, 6.07) is 6.98. The van der Waals surface area contributed by atoms with E-state index in [0.29, 0.717) is 30.4 Å². The molecule has 0 saturated heterocycles. The fourth-order valence-electron chi connectivity index (χ4n) is 2.01. The molecule has 0 aliphatic heterocycles. The summed E-state index contributed by atoms with van der Waals surface area (Å²) < 4.78 is 31.4. The van der Waals surface area contributed by atoms with Crippen molar-refractivity contribution in [3.05, 3.63) is 29.8 Å². The molecule has 23 heavy (non-hydrogen) atoms. The van der Waals surface area contributed by atoms with Crippen molar-refractivity contribution in [2.24, 2.45) is 11.7 Å². The van der Waals surface area contributed by atoms with Gasteiger partial charge in [0.05, 0.1) is 11.5 Å². The third kappa shape index (κ3) is 6.77. The van der Waals surface area contributed by atoms with Crippen LogP contribution in [0, 0.1) is 5.92 Å². The van der Waals surface area contributed by atoms with E-state index in [1.165, 1.54) is 4.31 Å². The number of nitrogens with two attached hydrogens (primary N) is 1. The quantitative estimate of drug-likeness (QED) is 0.729. The van der Waals surface area contributed by atoms with Crippen LogP contribution < -0.4 is 5.73 Å². The molecular formula is C16H29ClN2O3S. The zero-order valence-corrected chi connectivity index (χ0v) is 16.0. The van der Waals surface area contributed by atoms with Gasteiger partial charge in [-0.1, -0.05) is 26.0 Å². The molecule has 0 aromatic heterocycles. The first-order valence-corrected chi connectivity index (χ1v) is 9.02. The second kappa shape index (κ2) is 10.3. The van der Waals surface area contributed by atoms with Gasteiger partial charge in [-0.05, 0) is 36.5 Å². The molecule has 2 N–H and O–H groups in total. The number of hydrogen-bond acceptors (Lipinski definition) is 4. The molecule has 0 bridgehead atoms. The van der Waals surface area contributed by atoms with Crippen LogP contribution >= 0.6 is 12.4 Å². The Bertz CT molecular complexity index is 547. The van der Waals surface area contributed by atoms with Crippen LogP contribution in [0.15, 0.2) is 29.2 Å². The van der Waals surface area contributed by atoms with Crippen molar-refractivity contribution in [1.29, 1.82) is 0 Å². The molecular weight excluding hydrogens is 336 g/mol. The SMILES string of the molecule is COCCc1ccc(S(=O)(=O)N(C)CCC(N)C(C)C)cc1.Cl. The maximum Gasteiger partial charge on any atom is 0.242 e. The number of halogens is 1. The number of sulfonamides is 1. The van der Waals surface area contributed by atoms with E-state index in [2.05, 4.69) is 0 Å². The van der Waals surface area contributed by atoms with Gasteiger partial charge >= 0.3 is 0 Å². The van der Waals surface area contributed by atoms with Crippen LogP contribution in [-0.2, 0) is 21.2 Å². The Kier molecular flexibility index (Phi) is 9.96. The average Bonchev–Trinajstić information content (AvgIpc) is 2.50. The van der Waals surface area contributed by atoms with Gasteiger partial charge in [-0.3, -0.25) is 0 Å². The molecule has 5 nitrogen and oxygen atoms in total. The molecule has 1 rings (SSSR count). The van der Waals surface area contributed by atoms with Gasteiger partial charge in [-0.15, -0.1) is 12.4 Å². The Morgan fingerprint density at radius 2 is 1.78 bits per heavy atom. The van der Waals surface area contributed by atoms with Crippen LogP contribution in [0.25, 0.3) is 0 Å². The Morgan fingerprint density at radius 1 is 1.22 bits per heavy atom. The Labute approximate surface area is 146 Å². The highest BCUT2D eigenvalue weighted by Crippen LogP contribution is 2.16. The number of rotatable bonds is 9. The summed E-state index contributed by atoms with van der Waals surface area (Å²) in [5.41, 5.74) is 7.04. The second-order valence-electron chi connectivity index (χ2n) is 5.91. The predicted molar refractivity (Wildman–Crippen MR) is 96.5 cm³/mol. The van der Waals surface area contributed by atoms with Crippen LogP contribution in [0.1, 0.15) is 25.8 Å². The fourth-order valence-corrected chi connectivity index (χ4v) is 3.20. The summed E-state index contributed by atoms with van der Waals surface area (Å²) in [7, 11) is -0.204. The molecule has 134 valence electrons. The standard InChI is InChI=1S/C16H28N2O3S.ClH/c1-13(2)16(17)9-11-18(3)22(19,20)15-7-5-14(6-8-15)10-12-21-4;/h5-8,13,16H,9-12,17H2,1-4H3;1H. The normalized spacial score (nSPS) is 13.2. The van der Waals surface area contributed by atoms with Crippen LogP contribution in [-0.4, -0.2) is 46.1 Å². The summed E-state index contributed by atoms with van der Waals surface area (Å²) in [6.45, 7) is 5.13. The summed E-state index contributed by atoms with van der Waals surface area (Å²) in [5, 5.41) is 0. The molecule has 0 spiro atoms. The van der Waals surface area contributed by atoms with Gasteiger partial charge in [0, 0.05) is 26.7 Å². The van der Waals surface area contributed by atoms with Gasteiger partial charge in [0.25, 0.3) is 0 Å². The molecule has 0 aliphatic carbocycles. The van der Waals surface area contributed by atoms with E-state index in [1.54, 1.807) is 26.3 Å². The maximum absolute atomic E-state index is 12.5. The molecule has 1 unspecified atom stereocenters. The first kappa shape index (κ1) is 22.3. The Morgan fingerprint density at radius 3 is 2.26 bits per heavy atom. The number of methoxy groups -OCH3 is 1. The molecule has 0 aliphatic rings. The lowest BCUT2D eigenvalue weighted by molar-refractivity contribution is 0.202. The fraction of sp³-hybridized carbons (Fsp3) is 0.625. The van der Waals surface area contributed by atoms with Crippen molar-refractivity contribution in [3.63, 3.8) is 0 Å². The lowest BCUT2D eigenvalue weighted by Crippen LogP contribution is -2.34. The summed E-state index contributed by atoms with van der Waals surface area (Å²) in [6.07, 6.45) is 1.43. The van der Waals surface area contributed by atoms with Crippen LogP contribution in [0.3, 0.4) is 0 Å². The van der Waals surface area contributed by atoms with E-state index in [0.717, 1.165) is 12.0 Å². The largest absolute Gasteiger partial charge is 0.384 e. The molecule has 1 aromatic carbocycles. The number of ether oxygens (including phenoxy) is 1. The third-order valence-electron chi connectivity index (χ3n) is 3.86. The second-order valence-corrected chi connectivity index (χ2v) is 7.95. The molecule has 0 fully saturated rings. The van der Waals surface area contributed by atoms with Gasteiger partial charge < -0.3 is 10.5 Å². The van der Waals surface area contributed by atoms with Crippen molar-refractivity contribution in [2.75, 3.05) is 27.3 Å². The lowest BCUT2D eigenvalue weighted by atomic mass is 10.0. The summed E-state index contributed by atoms with van der Waals surface area (Å²) in [4.78, 5) is 0.314. The minimum absolute atomic E-state index is 0. The van der Waals surface area contributed by atoms with Crippen LogP contribution in [0.4, 0.5) is 0 Å².